The predicted molar refractivity (Wildman–Crippen MR) is 77.4 cm³/mol. The molecule has 1 N–H and O–H groups in total. The number of nitrogens with zero attached hydrogens (tertiary/aromatic N) is 1. The van der Waals surface area contributed by atoms with Gasteiger partial charge in [-0.25, -0.2) is 4.39 Å². The highest BCUT2D eigenvalue weighted by molar-refractivity contribution is 5.28. The highest BCUT2D eigenvalue weighted by Crippen LogP contribution is 2.27. The van der Waals surface area contributed by atoms with Crippen LogP contribution >= 0.6 is 0 Å². The number of halogens is 1. The summed E-state index contributed by atoms with van der Waals surface area (Å²) in [4.78, 5) is 2.60. The molecule has 2 saturated heterocycles. The molecule has 3 rings (SSSR count). The first-order valence-electron chi connectivity index (χ1n) is 7.56. The van der Waals surface area contributed by atoms with Gasteiger partial charge in [-0.1, -0.05) is 6.07 Å². The normalized spacial score (nSPS) is 26.5. The van der Waals surface area contributed by atoms with Gasteiger partial charge in [0, 0.05) is 30.3 Å². The van der Waals surface area contributed by atoms with Gasteiger partial charge in [0.2, 0.25) is 0 Å². The van der Waals surface area contributed by atoms with Crippen molar-refractivity contribution in [3.05, 3.63) is 29.6 Å². The molecule has 0 aliphatic carbocycles. The van der Waals surface area contributed by atoms with Gasteiger partial charge in [-0.3, -0.25) is 0 Å². The lowest BCUT2D eigenvalue weighted by Gasteiger charge is -2.35. The summed E-state index contributed by atoms with van der Waals surface area (Å²) in [5, 5.41) is 3.52. The van der Waals surface area contributed by atoms with Crippen LogP contribution in [0.3, 0.4) is 0 Å². The van der Waals surface area contributed by atoms with Gasteiger partial charge < -0.3 is 15.0 Å². The number of nitrogens with one attached hydrogen (secondary N) is 1. The van der Waals surface area contributed by atoms with Crippen molar-refractivity contribution in [2.24, 2.45) is 0 Å². The summed E-state index contributed by atoms with van der Waals surface area (Å²) in [5.74, 6) is 0.390. The maximum absolute atomic E-state index is 13.9. The van der Waals surface area contributed by atoms with Gasteiger partial charge in [-0.2, -0.15) is 0 Å². The van der Waals surface area contributed by atoms with Crippen LogP contribution < -0.4 is 10.1 Å². The molecule has 0 amide bonds. The lowest BCUT2D eigenvalue weighted by molar-refractivity contribution is 0.166. The van der Waals surface area contributed by atoms with Crippen LogP contribution in [0.25, 0.3) is 0 Å². The predicted octanol–water partition coefficient (Wildman–Crippen LogP) is 2.55. The third-order valence-corrected chi connectivity index (χ3v) is 4.66. The zero-order chi connectivity index (χ0) is 13.9. The van der Waals surface area contributed by atoms with E-state index in [2.05, 4.69) is 10.2 Å². The molecule has 1 aromatic rings. The largest absolute Gasteiger partial charge is 0.497 e. The zero-order valence-electron chi connectivity index (χ0n) is 12.1. The lowest BCUT2D eigenvalue weighted by atomic mass is 9.97. The van der Waals surface area contributed by atoms with Crippen molar-refractivity contribution in [1.29, 1.82) is 0 Å². The maximum atomic E-state index is 13.9. The van der Waals surface area contributed by atoms with Crippen molar-refractivity contribution >= 4 is 0 Å². The summed E-state index contributed by atoms with van der Waals surface area (Å²) < 4.78 is 18.9. The highest BCUT2D eigenvalue weighted by atomic mass is 19.1. The monoisotopic (exact) mass is 278 g/mol. The van der Waals surface area contributed by atoms with Crippen molar-refractivity contribution < 1.29 is 9.13 Å². The number of hydrogen-bond donors (Lipinski definition) is 1. The van der Waals surface area contributed by atoms with Crippen molar-refractivity contribution in [3.63, 3.8) is 0 Å². The van der Waals surface area contributed by atoms with E-state index in [1.54, 1.807) is 7.11 Å². The third-order valence-electron chi connectivity index (χ3n) is 4.66. The molecule has 2 aliphatic heterocycles. The number of ether oxygens (including phenoxy) is 1. The Morgan fingerprint density at radius 2 is 2.25 bits per heavy atom. The van der Waals surface area contributed by atoms with E-state index in [9.17, 15) is 4.39 Å². The minimum absolute atomic E-state index is 0.185. The fourth-order valence-electron chi connectivity index (χ4n) is 3.46. The Balaban J connectivity index is 1.54. The van der Waals surface area contributed by atoms with Crippen LogP contribution in [0.2, 0.25) is 0 Å². The number of rotatable bonds is 4. The second-order valence-electron chi connectivity index (χ2n) is 5.89. The van der Waals surface area contributed by atoms with E-state index >= 15 is 0 Å². The van der Waals surface area contributed by atoms with Crippen LogP contribution in [0, 0.1) is 5.82 Å². The van der Waals surface area contributed by atoms with Crippen molar-refractivity contribution in [3.8, 4) is 5.75 Å². The van der Waals surface area contributed by atoms with Crippen LogP contribution in [0.15, 0.2) is 18.2 Å². The van der Waals surface area contributed by atoms with Gasteiger partial charge in [-0.15, -0.1) is 0 Å². The Kier molecular flexibility index (Phi) is 4.22. The van der Waals surface area contributed by atoms with Crippen LogP contribution in [-0.4, -0.2) is 37.2 Å². The summed E-state index contributed by atoms with van der Waals surface area (Å²) in [6.07, 6.45) is 5.05. The molecule has 0 aromatic heterocycles. The van der Waals surface area contributed by atoms with Gasteiger partial charge in [0.05, 0.1) is 7.11 Å². The summed E-state index contributed by atoms with van der Waals surface area (Å²) in [5.41, 5.74) is 0.722. The van der Waals surface area contributed by atoms with Gasteiger partial charge in [0.25, 0.3) is 0 Å². The second kappa shape index (κ2) is 6.10. The fraction of sp³-hybridized carbons (Fsp3) is 0.625. The van der Waals surface area contributed by atoms with Crippen molar-refractivity contribution in [1.82, 2.24) is 10.2 Å². The number of fused-ring (bicyclic) bond motifs is 1. The third kappa shape index (κ3) is 2.96. The van der Waals surface area contributed by atoms with E-state index in [4.69, 9.17) is 4.74 Å². The SMILES string of the molecule is COc1ccc(CNC2CCN3CCCC3C2)c(F)c1. The van der Waals surface area contributed by atoms with Crippen LogP contribution in [0.5, 0.6) is 5.75 Å². The number of piperidine rings is 1. The molecule has 0 saturated carbocycles. The first-order valence-corrected chi connectivity index (χ1v) is 7.56. The molecule has 2 aliphatic rings. The summed E-state index contributed by atoms with van der Waals surface area (Å²) in [6.45, 7) is 3.06. The summed E-state index contributed by atoms with van der Waals surface area (Å²) in [7, 11) is 1.56. The first-order chi connectivity index (χ1) is 9.76. The Labute approximate surface area is 120 Å². The highest BCUT2D eigenvalue weighted by Gasteiger charge is 2.31. The molecule has 2 fully saturated rings. The van der Waals surface area contributed by atoms with E-state index in [0.717, 1.165) is 11.6 Å². The minimum atomic E-state index is -0.185. The van der Waals surface area contributed by atoms with Crippen LogP contribution in [0.4, 0.5) is 4.39 Å². The molecular weight excluding hydrogens is 255 g/mol. The number of hydrogen-bond acceptors (Lipinski definition) is 3. The summed E-state index contributed by atoms with van der Waals surface area (Å²) in [6, 6.07) is 6.36. The Hall–Kier alpha value is -1.13. The van der Waals surface area contributed by atoms with Crippen LogP contribution in [0.1, 0.15) is 31.2 Å². The Bertz CT molecular complexity index is 466. The molecule has 20 heavy (non-hydrogen) atoms. The van der Waals surface area contributed by atoms with Gasteiger partial charge >= 0.3 is 0 Å². The second-order valence-corrected chi connectivity index (χ2v) is 5.89. The molecule has 0 bridgehead atoms. The quantitative estimate of drug-likeness (QED) is 0.916. The topological polar surface area (TPSA) is 24.5 Å². The Morgan fingerprint density at radius 1 is 1.35 bits per heavy atom. The van der Waals surface area contributed by atoms with Crippen molar-refractivity contribution in [2.75, 3.05) is 20.2 Å². The number of methoxy groups -OCH3 is 1. The molecule has 2 unspecified atom stereocenters. The fourth-order valence-corrected chi connectivity index (χ4v) is 3.46. The molecule has 1 aromatic carbocycles. The smallest absolute Gasteiger partial charge is 0.131 e. The standard InChI is InChI=1S/C16H23FN2O/c1-20-15-5-4-12(16(17)10-15)11-18-13-6-8-19-7-2-3-14(19)9-13/h4-5,10,13-14,18H,2-3,6-9,11H2,1H3. The molecule has 2 heterocycles. The summed E-state index contributed by atoms with van der Waals surface area (Å²) >= 11 is 0. The molecular formula is C16H23FN2O. The first kappa shape index (κ1) is 13.8. The van der Waals surface area contributed by atoms with E-state index in [1.807, 2.05) is 12.1 Å². The molecule has 2 atom stereocenters. The maximum Gasteiger partial charge on any atom is 0.131 e. The minimum Gasteiger partial charge on any atom is -0.497 e. The molecule has 3 nitrogen and oxygen atoms in total. The molecule has 0 radical (unpaired) electrons. The molecule has 4 heteroatoms. The lowest BCUT2D eigenvalue weighted by Crippen LogP contribution is -2.45. The zero-order valence-corrected chi connectivity index (χ0v) is 12.1. The Morgan fingerprint density at radius 3 is 3.05 bits per heavy atom. The van der Waals surface area contributed by atoms with Gasteiger partial charge in [0.15, 0.2) is 0 Å². The van der Waals surface area contributed by atoms with Crippen molar-refractivity contribution in [2.45, 2.75) is 44.3 Å². The van der Waals surface area contributed by atoms with Gasteiger partial charge in [0.1, 0.15) is 11.6 Å². The van der Waals surface area contributed by atoms with E-state index < -0.39 is 0 Å². The molecule has 110 valence electrons. The van der Waals surface area contributed by atoms with Crippen LogP contribution in [-0.2, 0) is 6.54 Å². The van der Waals surface area contributed by atoms with Gasteiger partial charge in [-0.05, 0) is 44.8 Å². The average molecular weight is 278 g/mol. The average Bonchev–Trinajstić information content (AvgIpc) is 2.93. The van der Waals surface area contributed by atoms with E-state index in [0.29, 0.717) is 18.3 Å². The van der Waals surface area contributed by atoms with E-state index in [-0.39, 0.29) is 5.82 Å². The van der Waals surface area contributed by atoms with E-state index in [1.165, 1.54) is 44.8 Å². The molecule has 0 spiro atoms. The number of benzene rings is 1.